The van der Waals surface area contributed by atoms with Crippen LogP contribution in [0.2, 0.25) is 0 Å². The molecule has 0 aliphatic rings. The van der Waals surface area contributed by atoms with Gasteiger partial charge >= 0.3 is 0 Å². The molecular weight excluding hydrogens is 517 g/mol. The predicted molar refractivity (Wildman–Crippen MR) is 135 cm³/mol. The summed E-state index contributed by atoms with van der Waals surface area (Å²) in [7, 11) is 4.62. The molecule has 4 rings (SSSR count). The molecule has 0 aliphatic carbocycles. The molecular formula is C26H23BrFN3O4. The number of rotatable bonds is 6. The summed E-state index contributed by atoms with van der Waals surface area (Å²) in [6.45, 7) is 1.76. The number of hydrogen-bond donors (Lipinski definition) is 0. The van der Waals surface area contributed by atoms with Crippen LogP contribution in [0.15, 0.2) is 69.9 Å². The fraction of sp³-hybridized carbons (Fsp3) is 0.192. The maximum Gasteiger partial charge on any atom is 0.266 e. The van der Waals surface area contributed by atoms with Gasteiger partial charge in [0, 0.05) is 24.7 Å². The molecule has 1 amide bonds. The lowest BCUT2D eigenvalue weighted by atomic mass is 10.1. The minimum Gasteiger partial charge on any atom is -0.497 e. The van der Waals surface area contributed by atoms with E-state index in [-0.39, 0.29) is 11.1 Å². The zero-order valence-corrected chi connectivity index (χ0v) is 21.2. The first-order valence-corrected chi connectivity index (χ1v) is 11.5. The third-order valence-corrected chi connectivity index (χ3v) is 6.64. The molecule has 0 aliphatic heterocycles. The van der Waals surface area contributed by atoms with Gasteiger partial charge in [0.15, 0.2) is 0 Å². The van der Waals surface area contributed by atoms with Gasteiger partial charge in [-0.25, -0.2) is 9.37 Å². The normalized spacial score (nSPS) is 11.8. The number of aromatic nitrogens is 2. The van der Waals surface area contributed by atoms with Crippen molar-refractivity contribution in [3.8, 4) is 17.2 Å². The lowest BCUT2D eigenvalue weighted by Gasteiger charge is -2.27. The highest BCUT2D eigenvalue weighted by Gasteiger charge is 2.27. The van der Waals surface area contributed by atoms with Gasteiger partial charge < -0.3 is 14.4 Å². The lowest BCUT2D eigenvalue weighted by molar-refractivity contribution is 0.0734. The van der Waals surface area contributed by atoms with E-state index in [1.165, 1.54) is 41.9 Å². The maximum absolute atomic E-state index is 13.8. The van der Waals surface area contributed by atoms with Crippen LogP contribution in [0, 0.1) is 5.82 Å². The summed E-state index contributed by atoms with van der Waals surface area (Å²) >= 11 is 3.54. The van der Waals surface area contributed by atoms with Crippen LogP contribution in [-0.2, 0) is 0 Å². The lowest BCUT2D eigenvalue weighted by Crippen LogP contribution is -2.35. The Bertz CT molecular complexity index is 1490. The number of carbonyl (C=O) groups excluding carboxylic acids is 1. The Balaban J connectivity index is 1.96. The minimum absolute atomic E-state index is 0.193. The number of amides is 1. The Morgan fingerprint density at radius 3 is 2.51 bits per heavy atom. The molecule has 0 bridgehead atoms. The molecule has 1 heterocycles. The van der Waals surface area contributed by atoms with Crippen LogP contribution in [-0.4, -0.2) is 41.6 Å². The number of nitrogens with zero attached hydrogens (tertiary/aromatic N) is 3. The van der Waals surface area contributed by atoms with Gasteiger partial charge in [0.05, 0.1) is 41.3 Å². The standard InChI is InChI=1S/C26H23BrFN3O4/c1-15(30(2)25(32)16-8-7-9-17(28)12-16)24-29-20-11-6-5-10-19(20)26(33)31(24)21-13-18(34-3)14-22(35-4)23(21)27/h5-15H,1-4H3. The molecule has 0 N–H and O–H groups in total. The zero-order chi connectivity index (χ0) is 25.3. The fourth-order valence-electron chi connectivity index (χ4n) is 3.82. The largest absolute Gasteiger partial charge is 0.497 e. The molecule has 3 aromatic carbocycles. The third-order valence-electron chi connectivity index (χ3n) is 5.84. The highest BCUT2D eigenvalue weighted by atomic mass is 79.9. The van der Waals surface area contributed by atoms with E-state index >= 15 is 0 Å². The summed E-state index contributed by atoms with van der Waals surface area (Å²) in [5.74, 6) is 0.334. The first-order chi connectivity index (χ1) is 16.8. The summed E-state index contributed by atoms with van der Waals surface area (Å²) < 4.78 is 26.6. The van der Waals surface area contributed by atoms with Crippen molar-refractivity contribution in [1.82, 2.24) is 14.5 Å². The van der Waals surface area contributed by atoms with Gasteiger partial charge in [0.2, 0.25) is 0 Å². The van der Waals surface area contributed by atoms with E-state index in [1.807, 2.05) is 0 Å². The van der Waals surface area contributed by atoms with Crippen molar-refractivity contribution in [3.63, 3.8) is 0 Å². The number of fused-ring (bicyclic) bond motifs is 1. The minimum atomic E-state index is -0.660. The Hall–Kier alpha value is -3.72. The van der Waals surface area contributed by atoms with Crippen molar-refractivity contribution >= 4 is 32.7 Å². The molecule has 1 atom stereocenters. The molecule has 0 spiro atoms. The van der Waals surface area contributed by atoms with E-state index in [1.54, 1.807) is 56.4 Å². The maximum atomic E-state index is 13.8. The number of halogens is 2. The Morgan fingerprint density at radius 1 is 1.09 bits per heavy atom. The first kappa shape index (κ1) is 24.4. The average molecular weight is 540 g/mol. The molecule has 0 radical (unpaired) electrons. The van der Waals surface area contributed by atoms with Crippen LogP contribution >= 0.6 is 15.9 Å². The van der Waals surface area contributed by atoms with Crippen LogP contribution in [0.5, 0.6) is 11.5 Å². The van der Waals surface area contributed by atoms with Crippen LogP contribution in [0.25, 0.3) is 16.6 Å². The number of benzene rings is 3. The third kappa shape index (κ3) is 4.51. The number of ether oxygens (including phenoxy) is 2. The average Bonchev–Trinajstić information content (AvgIpc) is 2.87. The highest BCUT2D eigenvalue weighted by Crippen LogP contribution is 2.36. The summed E-state index contributed by atoms with van der Waals surface area (Å²) in [5, 5.41) is 0.413. The Labute approximate surface area is 209 Å². The van der Waals surface area contributed by atoms with Crippen molar-refractivity contribution in [1.29, 1.82) is 0 Å². The number of hydrogen-bond acceptors (Lipinski definition) is 5. The number of methoxy groups -OCH3 is 2. The summed E-state index contributed by atoms with van der Waals surface area (Å²) in [6.07, 6.45) is 0. The van der Waals surface area contributed by atoms with Crippen molar-refractivity contribution in [2.24, 2.45) is 0 Å². The second kappa shape index (κ2) is 9.87. The van der Waals surface area contributed by atoms with Gasteiger partial charge in [0.25, 0.3) is 11.5 Å². The summed E-state index contributed by atoms with van der Waals surface area (Å²) in [5.41, 5.74) is 0.810. The predicted octanol–water partition coefficient (Wildman–Crippen LogP) is 5.14. The Kier molecular flexibility index (Phi) is 6.88. The first-order valence-electron chi connectivity index (χ1n) is 10.7. The van der Waals surface area contributed by atoms with Gasteiger partial charge in [-0.3, -0.25) is 14.2 Å². The van der Waals surface area contributed by atoms with Crippen LogP contribution in [0.1, 0.15) is 29.1 Å². The monoisotopic (exact) mass is 539 g/mol. The number of para-hydroxylation sites is 1. The summed E-state index contributed by atoms with van der Waals surface area (Å²) in [4.78, 5) is 33.1. The van der Waals surface area contributed by atoms with Gasteiger partial charge in [-0.2, -0.15) is 0 Å². The van der Waals surface area contributed by atoms with E-state index in [2.05, 4.69) is 15.9 Å². The van der Waals surface area contributed by atoms with E-state index in [9.17, 15) is 14.0 Å². The van der Waals surface area contributed by atoms with E-state index in [0.29, 0.717) is 38.4 Å². The van der Waals surface area contributed by atoms with Gasteiger partial charge in [-0.05, 0) is 53.2 Å². The quantitative estimate of drug-likeness (QED) is 0.339. The van der Waals surface area contributed by atoms with Crippen LogP contribution in [0.3, 0.4) is 0 Å². The van der Waals surface area contributed by atoms with Crippen molar-refractivity contribution in [2.45, 2.75) is 13.0 Å². The molecule has 0 saturated carbocycles. The molecule has 1 unspecified atom stereocenters. The highest BCUT2D eigenvalue weighted by molar-refractivity contribution is 9.10. The van der Waals surface area contributed by atoms with Crippen LogP contribution < -0.4 is 15.0 Å². The van der Waals surface area contributed by atoms with Gasteiger partial charge in [0.1, 0.15) is 23.1 Å². The number of carbonyl (C=O) groups is 1. The summed E-state index contributed by atoms with van der Waals surface area (Å²) in [6, 6.07) is 15.2. The van der Waals surface area contributed by atoms with E-state index in [4.69, 9.17) is 14.5 Å². The SMILES string of the molecule is COc1cc(OC)c(Br)c(-n2c(C(C)N(C)C(=O)c3cccc(F)c3)nc3ccccc3c2=O)c1. The Morgan fingerprint density at radius 2 is 1.83 bits per heavy atom. The van der Waals surface area contributed by atoms with Crippen molar-refractivity contribution in [3.05, 3.63) is 92.7 Å². The molecule has 4 aromatic rings. The van der Waals surface area contributed by atoms with Gasteiger partial charge in [-0.15, -0.1) is 0 Å². The van der Waals surface area contributed by atoms with Gasteiger partial charge in [-0.1, -0.05) is 18.2 Å². The van der Waals surface area contributed by atoms with Crippen LogP contribution in [0.4, 0.5) is 4.39 Å². The second-order valence-corrected chi connectivity index (χ2v) is 8.69. The molecule has 7 nitrogen and oxygen atoms in total. The van der Waals surface area contributed by atoms with E-state index in [0.717, 1.165) is 0 Å². The zero-order valence-electron chi connectivity index (χ0n) is 19.6. The smallest absolute Gasteiger partial charge is 0.266 e. The van der Waals surface area contributed by atoms with E-state index < -0.39 is 17.8 Å². The molecule has 180 valence electrons. The fourth-order valence-corrected chi connectivity index (χ4v) is 4.39. The molecule has 35 heavy (non-hydrogen) atoms. The molecule has 1 aromatic heterocycles. The molecule has 0 fully saturated rings. The van der Waals surface area contributed by atoms with Crippen molar-refractivity contribution in [2.75, 3.05) is 21.3 Å². The second-order valence-electron chi connectivity index (χ2n) is 7.89. The van der Waals surface area contributed by atoms with Crippen molar-refractivity contribution < 1.29 is 18.7 Å². The molecule has 9 heteroatoms. The topological polar surface area (TPSA) is 73.7 Å². The molecule has 0 saturated heterocycles.